The molecule has 4 aromatic rings. The highest BCUT2D eigenvalue weighted by atomic mass is 35.5. The number of aromatic nitrogens is 1. The molecule has 0 atom stereocenters. The minimum Gasteiger partial charge on any atom is -0.490 e. The summed E-state index contributed by atoms with van der Waals surface area (Å²) in [4.78, 5) is 17.4. The summed E-state index contributed by atoms with van der Waals surface area (Å²) in [6.45, 7) is 2.42. The second-order valence-corrected chi connectivity index (χ2v) is 7.08. The van der Waals surface area contributed by atoms with Crippen molar-refractivity contribution in [3.05, 3.63) is 58.0 Å². The fourth-order valence-electron chi connectivity index (χ4n) is 2.82. The second kappa shape index (κ2) is 6.63. The van der Waals surface area contributed by atoms with Crippen LogP contribution in [0.3, 0.4) is 0 Å². The number of aryl methyl sites for hydroxylation is 1. The normalized spacial score (nSPS) is 12.2. The molecule has 0 aliphatic heterocycles. The van der Waals surface area contributed by atoms with Crippen molar-refractivity contribution in [3.63, 3.8) is 0 Å². The molecule has 0 aliphatic rings. The van der Waals surface area contributed by atoms with E-state index >= 15 is 0 Å². The Balaban J connectivity index is 1.80. The van der Waals surface area contributed by atoms with Crippen LogP contribution in [0, 0.1) is 0 Å². The van der Waals surface area contributed by atoms with Crippen LogP contribution in [0.1, 0.15) is 17.5 Å². The number of thiazole rings is 1. The van der Waals surface area contributed by atoms with E-state index in [4.69, 9.17) is 20.8 Å². The van der Waals surface area contributed by atoms with Crippen LogP contribution in [-0.2, 0) is 7.05 Å². The van der Waals surface area contributed by atoms with Crippen LogP contribution >= 0.6 is 22.9 Å². The molecular weight excluding hydrogens is 372 g/mol. The standard InChI is InChI=1S/C19H15ClN2O3S/c1-3-24-13-8-4-6-11-10-14(25-17(11)13)18(23)21-19-22(2)16-12(20)7-5-9-15(16)26-19/h4-10H,3H2,1-2H3. The van der Waals surface area contributed by atoms with Crippen LogP contribution in [0.4, 0.5) is 0 Å². The maximum atomic E-state index is 12.6. The van der Waals surface area contributed by atoms with Gasteiger partial charge in [-0.25, -0.2) is 0 Å². The van der Waals surface area contributed by atoms with Gasteiger partial charge in [0.1, 0.15) is 0 Å². The van der Waals surface area contributed by atoms with Gasteiger partial charge in [0.2, 0.25) is 0 Å². The summed E-state index contributed by atoms with van der Waals surface area (Å²) >= 11 is 7.66. The van der Waals surface area contributed by atoms with Crippen molar-refractivity contribution >= 4 is 50.0 Å². The number of hydrogen-bond donors (Lipinski definition) is 0. The fraction of sp³-hybridized carbons (Fsp3) is 0.158. The predicted octanol–water partition coefficient (Wildman–Crippen LogP) is 4.78. The molecule has 0 saturated carbocycles. The molecule has 0 spiro atoms. The van der Waals surface area contributed by atoms with E-state index in [0.29, 0.717) is 27.8 Å². The lowest BCUT2D eigenvalue weighted by Gasteiger charge is -2.01. The van der Waals surface area contributed by atoms with Crippen molar-refractivity contribution in [2.24, 2.45) is 12.0 Å². The van der Waals surface area contributed by atoms with E-state index in [1.54, 1.807) is 6.07 Å². The Bertz CT molecular complexity index is 1200. The number of fused-ring (bicyclic) bond motifs is 2. The van der Waals surface area contributed by atoms with E-state index in [1.807, 2.05) is 54.9 Å². The molecule has 4 rings (SSSR count). The number of carbonyl (C=O) groups excluding carboxylic acids is 1. The van der Waals surface area contributed by atoms with Gasteiger partial charge in [0.25, 0.3) is 0 Å². The molecule has 7 heteroatoms. The lowest BCUT2D eigenvalue weighted by atomic mass is 10.2. The van der Waals surface area contributed by atoms with Crippen LogP contribution in [-0.4, -0.2) is 17.1 Å². The Morgan fingerprint density at radius 3 is 2.88 bits per heavy atom. The van der Waals surface area contributed by atoms with Gasteiger partial charge in [-0.3, -0.25) is 4.79 Å². The summed E-state index contributed by atoms with van der Waals surface area (Å²) in [7, 11) is 1.84. The first-order valence-electron chi connectivity index (χ1n) is 8.07. The third kappa shape index (κ3) is 2.81. The number of hydrogen-bond acceptors (Lipinski definition) is 4. The third-order valence-corrected chi connectivity index (χ3v) is 5.39. The summed E-state index contributed by atoms with van der Waals surface area (Å²) in [5, 5.41) is 1.43. The highest BCUT2D eigenvalue weighted by molar-refractivity contribution is 7.16. The number of halogens is 1. The quantitative estimate of drug-likeness (QED) is 0.509. The van der Waals surface area contributed by atoms with Gasteiger partial charge in [-0.15, -0.1) is 0 Å². The van der Waals surface area contributed by atoms with Crippen LogP contribution < -0.4 is 9.54 Å². The van der Waals surface area contributed by atoms with E-state index < -0.39 is 5.91 Å². The van der Waals surface area contributed by atoms with E-state index in [0.717, 1.165) is 15.6 Å². The zero-order valence-electron chi connectivity index (χ0n) is 14.2. The highest BCUT2D eigenvalue weighted by Crippen LogP contribution is 2.29. The van der Waals surface area contributed by atoms with E-state index in [9.17, 15) is 4.79 Å². The van der Waals surface area contributed by atoms with Gasteiger partial charge in [-0.2, -0.15) is 4.99 Å². The smallest absolute Gasteiger partial charge is 0.315 e. The Morgan fingerprint density at radius 2 is 2.12 bits per heavy atom. The number of amides is 1. The molecule has 132 valence electrons. The zero-order chi connectivity index (χ0) is 18.3. The first kappa shape index (κ1) is 16.9. The lowest BCUT2D eigenvalue weighted by Crippen LogP contribution is -2.13. The topological polar surface area (TPSA) is 56.7 Å². The molecule has 2 aromatic heterocycles. The van der Waals surface area contributed by atoms with Crippen LogP contribution in [0.25, 0.3) is 21.2 Å². The van der Waals surface area contributed by atoms with Crippen LogP contribution in [0.15, 0.2) is 51.9 Å². The van der Waals surface area contributed by atoms with E-state index in [-0.39, 0.29) is 5.76 Å². The van der Waals surface area contributed by atoms with Crippen molar-refractivity contribution in [1.29, 1.82) is 0 Å². The molecule has 0 bridgehead atoms. The van der Waals surface area contributed by atoms with Gasteiger partial charge in [-0.1, -0.05) is 41.1 Å². The average molecular weight is 387 g/mol. The molecule has 0 unspecified atom stereocenters. The molecule has 0 aliphatic carbocycles. The predicted molar refractivity (Wildman–Crippen MR) is 103 cm³/mol. The summed E-state index contributed by atoms with van der Waals surface area (Å²) in [5.74, 6) is 0.348. The van der Waals surface area contributed by atoms with Crippen molar-refractivity contribution in [2.75, 3.05) is 6.61 Å². The van der Waals surface area contributed by atoms with Crippen molar-refractivity contribution < 1.29 is 13.9 Å². The van der Waals surface area contributed by atoms with Gasteiger partial charge in [0, 0.05) is 12.4 Å². The molecular formula is C19H15ClN2O3S. The summed E-state index contributed by atoms with van der Waals surface area (Å²) in [6, 6.07) is 12.9. The van der Waals surface area contributed by atoms with Crippen molar-refractivity contribution in [3.8, 4) is 5.75 Å². The van der Waals surface area contributed by atoms with Crippen LogP contribution in [0.5, 0.6) is 5.75 Å². The molecule has 2 aromatic carbocycles. The number of furan rings is 1. The largest absolute Gasteiger partial charge is 0.490 e. The summed E-state index contributed by atoms with van der Waals surface area (Å²) in [5.41, 5.74) is 1.41. The number of carbonyl (C=O) groups is 1. The van der Waals surface area contributed by atoms with E-state index in [2.05, 4.69) is 4.99 Å². The molecule has 26 heavy (non-hydrogen) atoms. The Morgan fingerprint density at radius 1 is 1.31 bits per heavy atom. The Labute approximate surface area is 158 Å². The van der Waals surface area contributed by atoms with E-state index in [1.165, 1.54) is 11.3 Å². The minimum absolute atomic E-state index is 0.177. The maximum absolute atomic E-state index is 12.6. The van der Waals surface area contributed by atoms with Gasteiger partial charge in [-0.05, 0) is 31.2 Å². The number of para-hydroxylation sites is 2. The molecule has 0 radical (unpaired) electrons. The first-order valence-corrected chi connectivity index (χ1v) is 9.26. The SMILES string of the molecule is CCOc1cccc2cc(C(=O)N=c3sc4cccc(Cl)c4n3C)oc12. The number of ether oxygens (including phenoxy) is 1. The van der Waals surface area contributed by atoms with Crippen LogP contribution in [0.2, 0.25) is 5.02 Å². The lowest BCUT2D eigenvalue weighted by molar-refractivity contribution is 0.0973. The number of benzene rings is 2. The molecule has 0 fully saturated rings. The van der Waals surface area contributed by atoms with Gasteiger partial charge in [0.05, 0.1) is 21.8 Å². The molecule has 2 heterocycles. The fourth-order valence-corrected chi connectivity index (χ4v) is 4.22. The maximum Gasteiger partial charge on any atom is 0.315 e. The average Bonchev–Trinajstić information content (AvgIpc) is 3.19. The molecule has 0 saturated heterocycles. The molecule has 5 nitrogen and oxygen atoms in total. The van der Waals surface area contributed by atoms with Crippen molar-refractivity contribution in [1.82, 2.24) is 4.57 Å². The zero-order valence-corrected chi connectivity index (χ0v) is 15.7. The van der Waals surface area contributed by atoms with Gasteiger partial charge >= 0.3 is 5.91 Å². The van der Waals surface area contributed by atoms with Gasteiger partial charge in [0.15, 0.2) is 21.9 Å². The summed E-state index contributed by atoms with van der Waals surface area (Å²) < 4.78 is 14.1. The molecule has 0 N–H and O–H groups in total. The van der Waals surface area contributed by atoms with Gasteiger partial charge < -0.3 is 13.7 Å². The third-order valence-electron chi connectivity index (χ3n) is 3.99. The highest BCUT2D eigenvalue weighted by Gasteiger charge is 2.15. The molecule has 1 amide bonds. The first-order chi connectivity index (χ1) is 12.6. The number of rotatable bonds is 3. The summed E-state index contributed by atoms with van der Waals surface area (Å²) in [6.07, 6.45) is 0. The monoisotopic (exact) mass is 386 g/mol. The minimum atomic E-state index is -0.443. The number of nitrogens with zero attached hydrogens (tertiary/aromatic N) is 2. The Hall–Kier alpha value is -2.57. The Kier molecular flexibility index (Phi) is 4.30. The van der Waals surface area contributed by atoms with Crippen molar-refractivity contribution in [2.45, 2.75) is 6.92 Å². The second-order valence-electron chi connectivity index (χ2n) is 5.67.